The van der Waals surface area contributed by atoms with Gasteiger partial charge in [-0.3, -0.25) is 4.57 Å². The number of nitrogens with zero attached hydrogens (tertiary/aromatic N) is 3. The van der Waals surface area contributed by atoms with Crippen molar-refractivity contribution < 1.29 is 5.11 Å². The van der Waals surface area contributed by atoms with Gasteiger partial charge in [0.05, 0.1) is 5.52 Å². The lowest BCUT2D eigenvalue weighted by atomic mass is 9.88. The summed E-state index contributed by atoms with van der Waals surface area (Å²) < 4.78 is 2.01. The van der Waals surface area contributed by atoms with Crippen molar-refractivity contribution in [3.63, 3.8) is 0 Å². The number of hydrogen-bond donors (Lipinski definition) is 1. The lowest BCUT2D eigenvalue weighted by molar-refractivity contribution is 0.455. The first-order valence-electron chi connectivity index (χ1n) is 8.01. The summed E-state index contributed by atoms with van der Waals surface area (Å²) in [5.41, 5.74) is 2.99. The number of hydrogen-bond acceptors (Lipinski definition) is 3. The molecule has 0 unspecified atom stereocenters. The molecular formula is C20H19N3O. The summed E-state index contributed by atoms with van der Waals surface area (Å²) in [6.07, 6.45) is 1.83. The largest absolute Gasteiger partial charge is 0.493 e. The van der Waals surface area contributed by atoms with E-state index in [0.29, 0.717) is 0 Å². The van der Waals surface area contributed by atoms with Gasteiger partial charge in [0, 0.05) is 23.0 Å². The number of fused-ring (bicyclic) bond motifs is 3. The topological polar surface area (TPSA) is 50.9 Å². The average molecular weight is 317 g/mol. The predicted molar refractivity (Wildman–Crippen MR) is 96.7 cm³/mol. The molecule has 0 bridgehead atoms. The van der Waals surface area contributed by atoms with Crippen LogP contribution in [0.2, 0.25) is 0 Å². The van der Waals surface area contributed by atoms with Gasteiger partial charge >= 0.3 is 0 Å². The molecule has 0 aliphatic carbocycles. The Hall–Kier alpha value is -2.88. The Kier molecular flexibility index (Phi) is 3.10. The molecule has 0 aliphatic rings. The first-order chi connectivity index (χ1) is 11.4. The van der Waals surface area contributed by atoms with Crippen LogP contribution in [0.25, 0.3) is 27.8 Å². The number of aromatic hydroxyl groups is 1. The summed E-state index contributed by atoms with van der Waals surface area (Å²) >= 11 is 0. The molecule has 4 nitrogen and oxygen atoms in total. The minimum absolute atomic E-state index is 0.0125. The Bertz CT molecular complexity index is 1060. The van der Waals surface area contributed by atoms with E-state index in [1.165, 1.54) is 5.56 Å². The van der Waals surface area contributed by atoms with Gasteiger partial charge in [-0.1, -0.05) is 39.0 Å². The van der Waals surface area contributed by atoms with Crippen LogP contribution in [0.15, 0.2) is 54.7 Å². The maximum absolute atomic E-state index is 9.87. The Morgan fingerprint density at radius 2 is 1.75 bits per heavy atom. The van der Waals surface area contributed by atoms with Gasteiger partial charge in [-0.2, -0.15) is 4.98 Å². The number of pyridine rings is 2. The molecule has 0 radical (unpaired) electrons. The third-order valence-corrected chi connectivity index (χ3v) is 4.35. The summed E-state index contributed by atoms with van der Waals surface area (Å²) in [7, 11) is 0. The molecule has 0 aliphatic heterocycles. The van der Waals surface area contributed by atoms with Crippen molar-refractivity contribution in [2.75, 3.05) is 0 Å². The Morgan fingerprint density at radius 3 is 2.54 bits per heavy atom. The van der Waals surface area contributed by atoms with Crippen molar-refractivity contribution >= 4 is 21.9 Å². The average Bonchev–Trinajstić information content (AvgIpc) is 2.87. The van der Waals surface area contributed by atoms with Gasteiger partial charge in [-0.05, 0) is 35.2 Å². The van der Waals surface area contributed by atoms with E-state index < -0.39 is 0 Å². The van der Waals surface area contributed by atoms with Gasteiger partial charge < -0.3 is 5.11 Å². The smallest absolute Gasteiger partial charge is 0.212 e. The van der Waals surface area contributed by atoms with Crippen LogP contribution in [0.4, 0.5) is 0 Å². The number of rotatable bonds is 1. The molecule has 0 saturated heterocycles. The zero-order valence-corrected chi connectivity index (χ0v) is 14.0. The molecule has 24 heavy (non-hydrogen) atoms. The minimum atomic E-state index is 0.0125. The van der Waals surface area contributed by atoms with Crippen molar-refractivity contribution in [1.82, 2.24) is 14.5 Å². The van der Waals surface area contributed by atoms with Gasteiger partial charge in [0.1, 0.15) is 5.82 Å². The Balaban J connectivity index is 2.10. The molecule has 0 fully saturated rings. The predicted octanol–water partition coefficient (Wildman–Crippen LogP) is 4.58. The number of aromatic nitrogens is 3. The van der Waals surface area contributed by atoms with E-state index in [9.17, 15) is 5.11 Å². The second-order valence-electron chi connectivity index (χ2n) is 7.05. The summed E-state index contributed by atoms with van der Waals surface area (Å²) in [4.78, 5) is 8.93. The zero-order chi connectivity index (χ0) is 16.9. The van der Waals surface area contributed by atoms with Gasteiger partial charge in [0.15, 0.2) is 5.65 Å². The third kappa shape index (κ3) is 2.22. The first kappa shape index (κ1) is 14.7. The van der Waals surface area contributed by atoms with Gasteiger partial charge in [0.25, 0.3) is 0 Å². The first-order valence-corrected chi connectivity index (χ1v) is 8.01. The van der Waals surface area contributed by atoms with E-state index in [4.69, 9.17) is 0 Å². The van der Waals surface area contributed by atoms with Crippen molar-refractivity contribution in [2.45, 2.75) is 26.2 Å². The molecule has 1 aromatic carbocycles. The zero-order valence-electron chi connectivity index (χ0n) is 14.0. The van der Waals surface area contributed by atoms with Crippen LogP contribution in [0.3, 0.4) is 0 Å². The second kappa shape index (κ2) is 5.06. The molecule has 0 saturated carbocycles. The summed E-state index contributed by atoms with van der Waals surface area (Å²) in [5.74, 6) is 0.824. The lowest BCUT2D eigenvalue weighted by Gasteiger charge is -2.19. The van der Waals surface area contributed by atoms with Crippen molar-refractivity contribution in [2.24, 2.45) is 0 Å². The maximum atomic E-state index is 9.87. The van der Waals surface area contributed by atoms with Crippen molar-refractivity contribution in [3.05, 3.63) is 60.3 Å². The molecule has 0 spiro atoms. The van der Waals surface area contributed by atoms with E-state index >= 15 is 0 Å². The van der Waals surface area contributed by atoms with Crippen molar-refractivity contribution in [1.29, 1.82) is 0 Å². The van der Waals surface area contributed by atoms with E-state index in [-0.39, 0.29) is 11.3 Å². The Morgan fingerprint density at radius 1 is 0.958 bits per heavy atom. The molecule has 1 N–H and O–H groups in total. The van der Waals surface area contributed by atoms with Gasteiger partial charge in [0.2, 0.25) is 5.88 Å². The van der Waals surface area contributed by atoms with Crippen LogP contribution in [0, 0.1) is 0 Å². The molecule has 3 aromatic heterocycles. The highest BCUT2D eigenvalue weighted by Gasteiger charge is 2.18. The molecule has 0 amide bonds. The maximum Gasteiger partial charge on any atom is 0.212 e. The Labute approximate surface area is 140 Å². The quantitative estimate of drug-likeness (QED) is 0.559. The molecular weight excluding hydrogens is 298 g/mol. The molecule has 4 rings (SSSR count). The highest BCUT2D eigenvalue weighted by molar-refractivity contribution is 6.07. The molecule has 0 atom stereocenters. The lowest BCUT2D eigenvalue weighted by Crippen LogP contribution is -2.12. The van der Waals surface area contributed by atoms with Gasteiger partial charge in [-0.15, -0.1) is 0 Å². The van der Waals surface area contributed by atoms with E-state index in [1.807, 2.05) is 35.0 Å². The van der Waals surface area contributed by atoms with E-state index in [0.717, 1.165) is 27.8 Å². The fraction of sp³-hybridized carbons (Fsp3) is 0.200. The van der Waals surface area contributed by atoms with Crippen LogP contribution >= 0.6 is 0 Å². The van der Waals surface area contributed by atoms with Crippen LogP contribution in [0.1, 0.15) is 26.3 Å². The molecule has 4 heteroatoms. The number of para-hydroxylation sites is 1. The van der Waals surface area contributed by atoms with Crippen LogP contribution in [0.5, 0.6) is 5.88 Å². The fourth-order valence-corrected chi connectivity index (χ4v) is 3.07. The van der Waals surface area contributed by atoms with E-state index in [2.05, 4.69) is 48.9 Å². The normalized spacial score (nSPS) is 12.1. The SMILES string of the molecule is CC(C)(C)c1ccnc(-n2c3ccccc3c3ccc(O)nc32)c1. The molecule has 3 heterocycles. The third-order valence-electron chi connectivity index (χ3n) is 4.35. The second-order valence-corrected chi connectivity index (χ2v) is 7.05. The van der Waals surface area contributed by atoms with Crippen molar-refractivity contribution in [3.8, 4) is 11.7 Å². The summed E-state index contributed by atoms with van der Waals surface area (Å²) in [6, 6.07) is 15.8. The number of benzene rings is 1. The molecule has 120 valence electrons. The van der Waals surface area contributed by atoms with E-state index in [1.54, 1.807) is 6.07 Å². The van der Waals surface area contributed by atoms with Gasteiger partial charge in [-0.25, -0.2) is 4.98 Å². The summed E-state index contributed by atoms with van der Waals surface area (Å²) in [5, 5.41) is 12.0. The highest BCUT2D eigenvalue weighted by atomic mass is 16.3. The highest BCUT2D eigenvalue weighted by Crippen LogP contribution is 2.32. The monoisotopic (exact) mass is 317 g/mol. The molecule has 4 aromatic rings. The fourth-order valence-electron chi connectivity index (χ4n) is 3.07. The standard InChI is InChI=1S/C20H19N3O/c1-20(2,3)13-10-11-21-17(12-13)23-16-7-5-4-6-14(16)15-8-9-18(24)22-19(15)23/h4-12H,1-3H3,(H,22,24). The summed E-state index contributed by atoms with van der Waals surface area (Å²) in [6.45, 7) is 6.55. The minimum Gasteiger partial charge on any atom is -0.493 e. The van der Waals surface area contributed by atoms with Crippen LogP contribution < -0.4 is 0 Å². The van der Waals surface area contributed by atoms with Crippen LogP contribution in [-0.2, 0) is 5.41 Å². The van der Waals surface area contributed by atoms with Crippen LogP contribution in [-0.4, -0.2) is 19.6 Å².